The van der Waals surface area contributed by atoms with Gasteiger partial charge in [-0.05, 0) is 23.2 Å². The highest BCUT2D eigenvalue weighted by Gasteiger charge is 1.97. The predicted octanol–water partition coefficient (Wildman–Crippen LogP) is 2.23. The Kier molecular flexibility index (Phi) is 3.49. The van der Waals surface area contributed by atoms with Gasteiger partial charge in [0.05, 0.1) is 6.54 Å². The molecule has 0 saturated heterocycles. The van der Waals surface area contributed by atoms with Gasteiger partial charge in [-0.25, -0.2) is 0 Å². The molecule has 5 heteroatoms. The number of azide groups is 1. The largest absolute Gasteiger partial charge is 0.255 e. The monoisotopic (exact) mass is 195 g/mol. The van der Waals surface area contributed by atoms with E-state index in [-0.39, 0.29) is 0 Å². The fraction of sp³-hybridized carbons (Fsp3) is 0.250. The smallest absolute Gasteiger partial charge is 0.0511 e. The summed E-state index contributed by atoms with van der Waals surface area (Å²) in [6.45, 7) is 0.307. The summed E-state index contributed by atoms with van der Waals surface area (Å²) in [5.74, 6) is 0. The predicted molar refractivity (Wildman–Crippen MR) is 51.6 cm³/mol. The standard InChI is InChI=1S/C8H9N3OS/c1-13(12)8-4-2-3-7(5-8)6-10-11-9/h2-5H,6H2,1H3. The lowest BCUT2D eigenvalue weighted by atomic mass is 10.2. The van der Waals surface area contributed by atoms with E-state index in [0.717, 1.165) is 10.5 Å². The Labute approximate surface area is 78.7 Å². The molecule has 1 aromatic rings. The summed E-state index contributed by atoms with van der Waals surface area (Å²) in [4.78, 5) is 3.41. The third kappa shape index (κ3) is 2.89. The minimum absolute atomic E-state index is 0.307. The molecule has 0 fully saturated rings. The van der Waals surface area contributed by atoms with Gasteiger partial charge in [-0.3, -0.25) is 4.21 Å². The van der Waals surface area contributed by atoms with E-state index in [9.17, 15) is 4.21 Å². The molecule has 0 spiro atoms. The van der Waals surface area contributed by atoms with Crippen LogP contribution < -0.4 is 0 Å². The van der Waals surface area contributed by atoms with Crippen LogP contribution in [0, 0.1) is 0 Å². The summed E-state index contributed by atoms with van der Waals surface area (Å²) in [5.41, 5.74) is 8.98. The number of hydrogen-bond donors (Lipinski definition) is 0. The first kappa shape index (κ1) is 9.77. The van der Waals surface area contributed by atoms with Crippen molar-refractivity contribution in [1.29, 1.82) is 0 Å². The summed E-state index contributed by atoms with van der Waals surface area (Å²) >= 11 is 0. The Morgan fingerprint density at radius 3 is 3.00 bits per heavy atom. The van der Waals surface area contributed by atoms with Crippen molar-refractivity contribution >= 4 is 10.8 Å². The van der Waals surface area contributed by atoms with Gasteiger partial charge in [-0.2, -0.15) is 0 Å². The molecule has 13 heavy (non-hydrogen) atoms. The fourth-order valence-corrected chi connectivity index (χ4v) is 1.52. The van der Waals surface area contributed by atoms with Crippen LogP contribution >= 0.6 is 0 Å². The van der Waals surface area contributed by atoms with Gasteiger partial charge in [0.2, 0.25) is 0 Å². The van der Waals surface area contributed by atoms with E-state index in [0.29, 0.717) is 6.54 Å². The van der Waals surface area contributed by atoms with E-state index < -0.39 is 10.8 Å². The van der Waals surface area contributed by atoms with Crippen LogP contribution in [-0.4, -0.2) is 10.5 Å². The lowest BCUT2D eigenvalue weighted by Gasteiger charge is -1.98. The molecule has 1 rings (SSSR count). The SMILES string of the molecule is CS(=O)c1cccc(CN=[N+]=[N-])c1. The molecule has 0 aliphatic rings. The van der Waals surface area contributed by atoms with Gasteiger partial charge in [0.25, 0.3) is 0 Å². The number of rotatable bonds is 3. The average Bonchev–Trinajstić information content (AvgIpc) is 2.15. The zero-order valence-electron chi connectivity index (χ0n) is 7.17. The highest BCUT2D eigenvalue weighted by Crippen LogP contribution is 2.09. The third-order valence-corrected chi connectivity index (χ3v) is 2.46. The first-order valence-corrected chi connectivity index (χ1v) is 5.23. The Hall–Kier alpha value is -1.32. The first-order valence-electron chi connectivity index (χ1n) is 3.67. The minimum atomic E-state index is -0.980. The van der Waals surface area contributed by atoms with Gasteiger partial charge >= 0.3 is 0 Å². The van der Waals surface area contributed by atoms with Gasteiger partial charge < -0.3 is 0 Å². The highest BCUT2D eigenvalue weighted by molar-refractivity contribution is 7.84. The maximum Gasteiger partial charge on any atom is 0.0511 e. The van der Waals surface area contributed by atoms with Crippen molar-refractivity contribution in [3.8, 4) is 0 Å². The van der Waals surface area contributed by atoms with E-state index in [2.05, 4.69) is 10.0 Å². The minimum Gasteiger partial charge on any atom is -0.255 e. The van der Waals surface area contributed by atoms with Gasteiger partial charge in [-0.1, -0.05) is 17.2 Å². The number of nitrogens with zero attached hydrogens (tertiary/aromatic N) is 3. The van der Waals surface area contributed by atoms with E-state index in [4.69, 9.17) is 5.53 Å². The van der Waals surface area contributed by atoms with Crippen molar-refractivity contribution < 1.29 is 4.21 Å². The van der Waals surface area contributed by atoms with Crippen molar-refractivity contribution in [2.24, 2.45) is 5.11 Å². The van der Waals surface area contributed by atoms with Crippen molar-refractivity contribution in [2.75, 3.05) is 6.26 Å². The van der Waals surface area contributed by atoms with Crippen molar-refractivity contribution in [2.45, 2.75) is 11.4 Å². The van der Waals surface area contributed by atoms with Crippen LogP contribution in [0.4, 0.5) is 0 Å². The van der Waals surface area contributed by atoms with Crippen molar-refractivity contribution in [1.82, 2.24) is 0 Å². The maximum absolute atomic E-state index is 11.1. The molecule has 0 amide bonds. The van der Waals surface area contributed by atoms with Crippen LogP contribution in [-0.2, 0) is 17.3 Å². The summed E-state index contributed by atoms with van der Waals surface area (Å²) in [6, 6.07) is 7.21. The van der Waals surface area contributed by atoms with E-state index in [1.54, 1.807) is 24.5 Å². The molecule has 1 atom stereocenters. The molecule has 0 aromatic heterocycles. The lowest BCUT2D eigenvalue weighted by molar-refractivity contribution is 0.686. The Morgan fingerprint density at radius 1 is 1.62 bits per heavy atom. The molecule has 68 valence electrons. The quantitative estimate of drug-likeness (QED) is 0.414. The number of benzene rings is 1. The molecule has 0 aliphatic carbocycles. The molecule has 4 nitrogen and oxygen atoms in total. The fourth-order valence-electron chi connectivity index (χ4n) is 0.936. The Balaban J connectivity index is 2.91. The van der Waals surface area contributed by atoms with Crippen LogP contribution in [0.3, 0.4) is 0 Å². The molecular formula is C8H9N3OS. The van der Waals surface area contributed by atoms with Gasteiger partial charge in [-0.15, -0.1) is 0 Å². The van der Waals surface area contributed by atoms with E-state index in [1.807, 2.05) is 6.07 Å². The zero-order valence-corrected chi connectivity index (χ0v) is 7.99. The molecular weight excluding hydrogens is 186 g/mol. The second kappa shape index (κ2) is 4.64. The summed E-state index contributed by atoms with van der Waals surface area (Å²) < 4.78 is 11.1. The Bertz CT molecular complexity index is 371. The molecule has 0 heterocycles. The maximum atomic E-state index is 11.1. The Morgan fingerprint density at radius 2 is 2.38 bits per heavy atom. The van der Waals surface area contributed by atoms with E-state index >= 15 is 0 Å². The molecule has 0 N–H and O–H groups in total. The van der Waals surface area contributed by atoms with Crippen LogP contribution in [0.15, 0.2) is 34.3 Å². The van der Waals surface area contributed by atoms with Crippen LogP contribution in [0.5, 0.6) is 0 Å². The molecule has 0 saturated carbocycles. The average molecular weight is 195 g/mol. The topological polar surface area (TPSA) is 65.8 Å². The third-order valence-electron chi connectivity index (χ3n) is 1.55. The van der Waals surface area contributed by atoms with Crippen molar-refractivity contribution in [3.63, 3.8) is 0 Å². The second-order valence-corrected chi connectivity index (χ2v) is 3.87. The summed E-state index contributed by atoms with van der Waals surface area (Å²) in [5, 5.41) is 3.42. The first-order chi connectivity index (χ1) is 6.24. The molecule has 1 aromatic carbocycles. The molecule has 0 aliphatic heterocycles. The van der Waals surface area contributed by atoms with Gasteiger partial charge in [0, 0.05) is 26.9 Å². The summed E-state index contributed by atoms with van der Waals surface area (Å²) in [6.07, 6.45) is 1.62. The zero-order chi connectivity index (χ0) is 9.68. The van der Waals surface area contributed by atoms with Crippen molar-refractivity contribution in [3.05, 3.63) is 40.3 Å². The van der Waals surface area contributed by atoms with Crippen LogP contribution in [0.1, 0.15) is 5.56 Å². The van der Waals surface area contributed by atoms with Gasteiger partial charge in [0.1, 0.15) is 0 Å². The second-order valence-electron chi connectivity index (χ2n) is 2.49. The highest BCUT2D eigenvalue weighted by atomic mass is 32.2. The molecule has 0 radical (unpaired) electrons. The lowest BCUT2D eigenvalue weighted by Crippen LogP contribution is -1.89. The normalized spacial score (nSPS) is 11.8. The van der Waals surface area contributed by atoms with Crippen LogP contribution in [0.2, 0.25) is 0 Å². The van der Waals surface area contributed by atoms with Gasteiger partial charge in [0.15, 0.2) is 0 Å². The molecule has 0 bridgehead atoms. The molecule has 1 unspecified atom stereocenters. The van der Waals surface area contributed by atoms with Crippen LogP contribution in [0.25, 0.3) is 10.4 Å². The number of hydrogen-bond acceptors (Lipinski definition) is 2. The summed E-state index contributed by atoms with van der Waals surface area (Å²) in [7, 11) is -0.980. The van der Waals surface area contributed by atoms with E-state index in [1.165, 1.54) is 0 Å².